The van der Waals surface area contributed by atoms with Crippen molar-refractivity contribution in [2.24, 2.45) is 11.7 Å². The highest BCUT2D eigenvalue weighted by Gasteiger charge is 2.53. The Morgan fingerprint density at radius 2 is 2.20 bits per heavy atom. The third-order valence-corrected chi connectivity index (χ3v) is 3.46. The minimum absolute atomic E-state index is 0.226. The second kappa shape index (κ2) is 4.08. The normalized spacial score (nSPS) is 34.3. The summed E-state index contributed by atoms with van der Waals surface area (Å²) in [5, 5.41) is 3.26. The summed E-state index contributed by atoms with van der Waals surface area (Å²) >= 11 is 0. The number of rotatable bonds is 1. The Morgan fingerprint density at radius 3 is 2.80 bits per heavy atom. The lowest BCUT2D eigenvalue weighted by Gasteiger charge is -2.37. The summed E-state index contributed by atoms with van der Waals surface area (Å²) in [6.45, 7) is 2.21. The number of carbonyl (C=O) groups is 1. The minimum atomic E-state index is -0.377. The first-order chi connectivity index (χ1) is 7.19. The van der Waals surface area contributed by atoms with Crippen LogP contribution in [0.3, 0.4) is 0 Å². The quantitative estimate of drug-likeness (QED) is 0.562. The maximum Gasteiger partial charge on any atom is 0.313 e. The first kappa shape index (κ1) is 10.9. The Hall–Kier alpha value is -0.650. The third kappa shape index (κ3) is 1.75. The summed E-state index contributed by atoms with van der Waals surface area (Å²) < 4.78 is 10.6. The molecular formula is C10H18N2O3. The fraction of sp³-hybridized carbons (Fsp3) is 0.900. The number of ether oxygens (including phenoxy) is 2. The minimum Gasteiger partial charge on any atom is -0.469 e. The van der Waals surface area contributed by atoms with Crippen LogP contribution in [-0.2, 0) is 14.3 Å². The molecule has 0 aromatic carbocycles. The van der Waals surface area contributed by atoms with Crippen molar-refractivity contribution in [3.8, 4) is 0 Å². The topological polar surface area (TPSA) is 73.6 Å². The van der Waals surface area contributed by atoms with E-state index in [1.807, 2.05) is 0 Å². The third-order valence-electron chi connectivity index (χ3n) is 3.46. The van der Waals surface area contributed by atoms with Gasteiger partial charge in [-0.2, -0.15) is 0 Å². The Morgan fingerprint density at radius 1 is 1.53 bits per heavy atom. The van der Waals surface area contributed by atoms with Gasteiger partial charge < -0.3 is 20.5 Å². The largest absolute Gasteiger partial charge is 0.469 e. The smallest absolute Gasteiger partial charge is 0.313 e. The zero-order valence-electron chi connectivity index (χ0n) is 8.99. The maximum absolute atomic E-state index is 11.7. The SMILES string of the molecule is COC(=O)C1C(N)COC12CCNCC2. The lowest BCUT2D eigenvalue weighted by atomic mass is 9.78. The van der Waals surface area contributed by atoms with Crippen LogP contribution in [-0.4, -0.2) is 44.4 Å². The highest BCUT2D eigenvalue weighted by atomic mass is 16.5. The predicted octanol–water partition coefficient (Wildman–Crippen LogP) is -0.745. The van der Waals surface area contributed by atoms with Crippen LogP contribution in [0, 0.1) is 5.92 Å². The molecule has 2 unspecified atom stereocenters. The number of methoxy groups -OCH3 is 1. The van der Waals surface area contributed by atoms with Gasteiger partial charge in [0, 0.05) is 6.04 Å². The van der Waals surface area contributed by atoms with Crippen molar-refractivity contribution in [2.75, 3.05) is 26.8 Å². The van der Waals surface area contributed by atoms with E-state index in [0.717, 1.165) is 25.9 Å². The van der Waals surface area contributed by atoms with Crippen molar-refractivity contribution in [3.63, 3.8) is 0 Å². The molecule has 0 aromatic rings. The first-order valence-corrected chi connectivity index (χ1v) is 5.38. The molecular weight excluding hydrogens is 196 g/mol. The lowest BCUT2D eigenvalue weighted by molar-refractivity contribution is -0.154. The molecule has 5 heteroatoms. The average molecular weight is 214 g/mol. The van der Waals surface area contributed by atoms with E-state index >= 15 is 0 Å². The van der Waals surface area contributed by atoms with Crippen molar-refractivity contribution in [3.05, 3.63) is 0 Å². The molecule has 2 atom stereocenters. The van der Waals surface area contributed by atoms with Gasteiger partial charge in [-0.1, -0.05) is 0 Å². The molecule has 2 heterocycles. The van der Waals surface area contributed by atoms with Gasteiger partial charge in [0.15, 0.2) is 0 Å². The number of nitrogens with one attached hydrogen (secondary N) is 1. The molecule has 2 saturated heterocycles. The highest BCUT2D eigenvalue weighted by molar-refractivity contribution is 5.75. The number of piperidine rings is 1. The Kier molecular flexibility index (Phi) is 2.95. The maximum atomic E-state index is 11.7. The summed E-state index contributed by atoms with van der Waals surface area (Å²) in [5.41, 5.74) is 5.54. The van der Waals surface area contributed by atoms with Crippen LogP contribution in [0.2, 0.25) is 0 Å². The fourth-order valence-electron chi connectivity index (χ4n) is 2.66. The van der Waals surface area contributed by atoms with E-state index < -0.39 is 0 Å². The molecule has 0 bridgehead atoms. The molecule has 2 rings (SSSR count). The number of hydrogen-bond donors (Lipinski definition) is 2. The van der Waals surface area contributed by atoms with E-state index in [-0.39, 0.29) is 23.5 Å². The summed E-state index contributed by atoms with van der Waals surface area (Å²) in [6.07, 6.45) is 1.67. The first-order valence-electron chi connectivity index (χ1n) is 5.38. The van der Waals surface area contributed by atoms with Gasteiger partial charge in [-0.05, 0) is 25.9 Å². The van der Waals surface area contributed by atoms with Crippen LogP contribution in [0.25, 0.3) is 0 Å². The van der Waals surface area contributed by atoms with E-state index in [0.29, 0.717) is 6.61 Å². The van der Waals surface area contributed by atoms with Gasteiger partial charge in [0.2, 0.25) is 0 Å². The molecule has 3 N–H and O–H groups in total. The van der Waals surface area contributed by atoms with E-state index in [1.165, 1.54) is 7.11 Å². The molecule has 0 aromatic heterocycles. The number of nitrogens with two attached hydrogens (primary N) is 1. The molecule has 2 fully saturated rings. The van der Waals surface area contributed by atoms with Crippen LogP contribution < -0.4 is 11.1 Å². The molecule has 0 aliphatic carbocycles. The monoisotopic (exact) mass is 214 g/mol. The highest BCUT2D eigenvalue weighted by Crippen LogP contribution is 2.39. The van der Waals surface area contributed by atoms with E-state index in [2.05, 4.69) is 5.32 Å². The van der Waals surface area contributed by atoms with Crippen LogP contribution in [0.1, 0.15) is 12.8 Å². The Bertz CT molecular complexity index is 246. The molecule has 0 radical (unpaired) electrons. The van der Waals surface area contributed by atoms with Crippen molar-refractivity contribution in [1.82, 2.24) is 5.32 Å². The van der Waals surface area contributed by atoms with Gasteiger partial charge in [-0.3, -0.25) is 4.79 Å². The summed E-state index contributed by atoms with van der Waals surface area (Å²) in [4.78, 5) is 11.7. The zero-order valence-corrected chi connectivity index (χ0v) is 8.99. The standard InChI is InChI=1S/C10H18N2O3/c1-14-9(13)8-7(11)6-15-10(8)2-4-12-5-3-10/h7-8,12H,2-6,11H2,1H3. The average Bonchev–Trinajstić information content (AvgIpc) is 2.56. The van der Waals surface area contributed by atoms with Crippen molar-refractivity contribution in [2.45, 2.75) is 24.5 Å². The van der Waals surface area contributed by atoms with Crippen LogP contribution in [0.15, 0.2) is 0 Å². The summed E-state index contributed by atoms with van der Waals surface area (Å²) in [7, 11) is 1.40. The molecule has 1 spiro atoms. The van der Waals surface area contributed by atoms with E-state index in [4.69, 9.17) is 15.2 Å². The van der Waals surface area contributed by atoms with Crippen molar-refractivity contribution in [1.29, 1.82) is 0 Å². The van der Waals surface area contributed by atoms with Crippen molar-refractivity contribution < 1.29 is 14.3 Å². The van der Waals surface area contributed by atoms with Crippen LogP contribution >= 0.6 is 0 Å². The predicted molar refractivity (Wildman–Crippen MR) is 54.3 cm³/mol. The fourth-order valence-corrected chi connectivity index (χ4v) is 2.66. The van der Waals surface area contributed by atoms with Gasteiger partial charge in [-0.15, -0.1) is 0 Å². The summed E-state index contributed by atoms with van der Waals surface area (Å²) in [5.74, 6) is -0.536. The number of hydrogen-bond acceptors (Lipinski definition) is 5. The molecule has 5 nitrogen and oxygen atoms in total. The lowest BCUT2D eigenvalue weighted by Crippen LogP contribution is -2.51. The molecule has 0 amide bonds. The molecule has 86 valence electrons. The van der Waals surface area contributed by atoms with Crippen molar-refractivity contribution >= 4 is 5.97 Å². The Labute approximate surface area is 89.3 Å². The zero-order chi connectivity index (χ0) is 10.9. The molecule has 2 aliphatic heterocycles. The second-order valence-corrected chi connectivity index (χ2v) is 4.29. The van der Waals surface area contributed by atoms with Gasteiger partial charge in [0.25, 0.3) is 0 Å². The molecule has 15 heavy (non-hydrogen) atoms. The second-order valence-electron chi connectivity index (χ2n) is 4.29. The van der Waals surface area contributed by atoms with Gasteiger partial charge in [0.05, 0.1) is 19.3 Å². The van der Waals surface area contributed by atoms with Gasteiger partial charge >= 0.3 is 5.97 Å². The van der Waals surface area contributed by atoms with E-state index in [9.17, 15) is 4.79 Å². The van der Waals surface area contributed by atoms with E-state index in [1.54, 1.807) is 0 Å². The molecule has 0 saturated carbocycles. The van der Waals surface area contributed by atoms with Crippen LogP contribution in [0.4, 0.5) is 0 Å². The number of carbonyl (C=O) groups excluding carboxylic acids is 1. The Balaban J connectivity index is 2.18. The number of esters is 1. The molecule has 2 aliphatic rings. The van der Waals surface area contributed by atoms with Gasteiger partial charge in [-0.25, -0.2) is 0 Å². The summed E-state index contributed by atoms with van der Waals surface area (Å²) in [6, 6.07) is -0.226. The van der Waals surface area contributed by atoms with Crippen LogP contribution in [0.5, 0.6) is 0 Å². The van der Waals surface area contributed by atoms with Gasteiger partial charge in [0.1, 0.15) is 5.92 Å².